The van der Waals surface area contributed by atoms with E-state index in [9.17, 15) is 19.7 Å². The quantitative estimate of drug-likeness (QED) is 0.255. The van der Waals surface area contributed by atoms with Crippen molar-refractivity contribution in [2.45, 2.75) is 0 Å². The Hall–Kier alpha value is -2.95. The van der Waals surface area contributed by atoms with Crippen molar-refractivity contribution >= 4 is 74.3 Å². The molecule has 1 saturated heterocycles. The molecular formula is C19H13ClN4O4S2. The highest BCUT2D eigenvalue weighted by molar-refractivity contribution is 8.27. The summed E-state index contributed by atoms with van der Waals surface area (Å²) in [6.07, 6.45) is 1.43. The van der Waals surface area contributed by atoms with Gasteiger partial charge in [-0.25, -0.2) is 4.79 Å². The number of fused-ring (bicyclic) bond motifs is 1. The first-order chi connectivity index (χ1) is 14.2. The molecule has 30 heavy (non-hydrogen) atoms. The second kappa shape index (κ2) is 7.38. The van der Waals surface area contributed by atoms with E-state index < -0.39 is 4.92 Å². The molecule has 152 valence electrons. The first-order valence-corrected chi connectivity index (χ1v) is 10.2. The van der Waals surface area contributed by atoms with Crippen molar-refractivity contribution in [3.63, 3.8) is 0 Å². The van der Waals surface area contributed by atoms with Gasteiger partial charge >= 0.3 is 5.69 Å². The van der Waals surface area contributed by atoms with Crippen LogP contribution in [0.3, 0.4) is 0 Å². The Morgan fingerprint density at radius 2 is 1.70 bits per heavy atom. The maximum absolute atomic E-state index is 13.0. The van der Waals surface area contributed by atoms with Crippen LogP contribution in [0.4, 0.5) is 11.4 Å². The Kier molecular flexibility index (Phi) is 5.00. The van der Waals surface area contributed by atoms with Crippen LogP contribution in [0.5, 0.6) is 0 Å². The van der Waals surface area contributed by atoms with Crippen molar-refractivity contribution in [3.05, 3.63) is 72.5 Å². The third kappa shape index (κ3) is 3.22. The molecule has 1 amide bonds. The number of imidazole rings is 1. The van der Waals surface area contributed by atoms with Gasteiger partial charge in [-0.15, -0.1) is 0 Å². The summed E-state index contributed by atoms with van der Waals surface area (Å²) in [4.78, 5) is 37.9. The number of rotatable bonds is 3. The van der Waals surface area contributed by atoms with Gasteiger partial charge in [-0.1, -0.05) is 35.6 Å². The number of halogens is 1. The molecule has 2 heterocycles. The predicted octanol–water partition coefficient (Wildman–Crippen LogP) is 3.84. The van der Waals surface area contributed by atoms with Gasteiger partial charge in [0, 0.05) is 25.2 Å². The van der Waals surface area contributed by atoms with E-state index in [-0.39, 0.29) is 27.8 Å². The maximum Gasteiger partial charge on any atom is 0.328 e. The Balaban J connectivity index is 1.83. The molecule has 1 fully saturated rings. The van der Waals surface area contributed by atoms with Crippen molar-refractivity contribution < 1.29 is 9.72 Å². The van der Waals surface area contributed by atoms with Gasteiger partial charge in [0.05, 0.1) is 32.1 Å². The second-order valence-electron chi connectivity index (χ2n) is 6.55. The van der Waals surface area contributed by atoms with Gasteiger partial charge in [0.2, 0.25) is 0 Å². The maximum atomic E-state index is 13.0. The number of nitro benzene ring substituents is 1. The molecule has 2 aromatic carbocycles. The smallest absolute Gasteiger partial charge is 0.295 e. The second-order valence-corrected chi connectivity index (χ2v) is 8.66. The van der Waals surface area contributed by atoms with Crippen LogP contribution in [0, 0.1) is 10.1 Å². The molecule has 0 unspecified atom stereocenters. The monoisotopic (exact) mass is 460 g/mol. The van der Waals surface area contributed by atoms with Gasteiger partial charge in [-0.3, -0.25) is 28.9 Å². The van der Waals surface area contributed by atoms with Crippen LogP contribution in [-0.2, 0) is 18.9 Å². The van der Waals surface area contributed by atoms with Gasteiger partial charge < -0.3 is 0 Å². The number of hydrogen-bond donors (Lipinski definition) is 0. The van der Waals surface area contributed by atoms with Crippen LogP contribution in [-0.4, -0.2) is 24.3 Å². The van der Waals surface area contributed by atoms with Crippen molar-refractivity contribution in [2.75, 3.05) is 4.90 Å². The Labute approximate surface area is 184 Å². The van der Waals surface area contributed by atoms with Gasteiger partial charge in [-0.05, 0) is 36.4 Å². The molecule has 1 aliphatic heterocycles. The van der Waals surface area contributed by atoms with Gasteiger partial charge in [0.15, 0.2) is 4.32 Å². The fourth-order valence-corrected chi connectivity index (χ4v) is 4.66. The number of benzene rings is 2. The van der Waals surface area contributed by atoms with Crippen LogP contribution in [0.2, 0.25) is 5.02 Å². The van der Waals surface area contributed by atoms with E-state index in [4.69, 9.17) is 23.8 Å². The average molecular weight is 461 g/mol. The van der Waals surface area contributed by atoms with E-state index >= 15 is 0 Å². The van der Waals surface area contributed by atoms with Crippen LogP contribution in [0.1, 0.15) is 5.56 Å². The topological polar surface area (TPSA) is 90.4 Å². The lowest BCUT2D eigenvalue weighted by Crippen LogP contribution is -2.27. The number of nitro groups is 1. The SMILES string of the molecule is Cn1c(=O)n(C)c2cc([N+](=O)[O-])c(/C=C3/SC(=S)N(c4ccc(Cl)cc4)C3=O)cc21. The summed E-state index contributed by atoms with van der Waals surface area (Å²) in [5.74, 6) is -0.385. The third-order valence-electron chi connectivity index (χ3n) is 4.78. The normalized spacial score (nSPS) is 15.6. The highest BCUT2D eigenvalue weighted by Crippen LogP contribution is 2.38. The number of nitrogens with zero attached hydrogens (tertiary/aromatic N) is 4. The van der Waals surface area contributed by atoms with Crippen LogP contribution in [0.15, 0.2) is 46.1 Å². The van der Waals surface area contributed by atoms with Crippen LogP contribution in [0.25, 0.3) is 17.1 Å². The number of carbonyl (C=O) groups is 1. The lowest BCUT2D eigenvalue weighted by Gasteiger charge is -2.14. The van der Waals surface area contributed by atoms with E-state index in [2.05, 4.69) is 0 Å². The zero-order chi connectivity index (χ0) is 21.7. The molecule has 0 radical (unpaired) electrons. The molecule has 8 nitrogen and oxygen atoms in total. The van der Waals surface area contributed by atoms with Gasteiger partial charge in [0.25, 0.3) is 11.6 Å². The lowest BCUT2D eigenvalue weighted by molar-refractivity contribution is -0.385. The van der Waals surface area contributed by atoms with Crippen molar-refractivity contribution in [3.8, 4) is 0 Å². The molecule has 0 saturated carbocycles. The number of thioether (sulfide) groups is 1. The summed E-state index contributed by atoms with van der Waals surface area (Å²) in [5.41, 5.74) is 1.21. The molecule has 1 aliphatic rings. The van der Waals surface area contributed by atoms with Crippen molar-refractivity contribution in [1.29, 1.82) is 0 Å². The molecule has 0 aliphatic carbocycles. The molecular weight excluding hydrogens is 448 g/mol. The van der Waals surface area contributed by atoms with Crippen LogP contribution >= 0.6 is 35.6 Å². The number of anilines is 1. The molecule has 3 aromatic rings. The lowest BCUT2D eigenvalue weighted by atomic mass is 10.1. The minimum atomic E-state index is -0.539. The van der Waals surface area contributed by atoms with Gasteiger partial charge in [0.1, 0.15) is 0 Å². The Morgan fingerprint density at radius 1 is 1.10 bits per heavy atom. The number of aryl methyl sites for hydroxylation is 2. The van der Waals surface area contributed by atoms with Gasteiger partial charge in [-0.2, -0.15) is 0 Å². The number of aromatic nitrogens is 2. The number of thiocarbonyl (C=S) groups is 1. The Bertz CT molecular complexity index is 1340. The van der Waals surface area contributed by atoms with E-state index in [1.54, 1.807) is 38.4 Å². The standard InChI is InChI=1S/C19H13ClN4O4S2/c1-21-14-7-10(13(24(27)28)9-15(14)22(2)18(21)26)8-16-17(25)23(19(29)30-16)12-5-3-11(20)4-6-12/h3-9H,1-2H3/b16-8+. The van der Waals surface area contributed by atoms with E-state index in [1.807, 2.05) is 0 Å². The summed E-state index contributed by atoms with van der Waals surface area (Å²) in [7, 11) is 3.13. The Morgan fingerprint density at radius 3 is 2.30 bits per heavy atom. The van der Waals surface area contributed by atoms with Crippen molar-refractivity contribution in [2.24, 2.45) is 14.1 Å². The summed E-state index contributed by atoms with van der Waals surface area (Å²) < 4.78 is 3.05. The molecule has 0 N–H and O–H groups in total. The zero-order valence-corrected chi connectivity index (χ0v) is 18.0. The third-order valence-corrected chi connectivity index (χ3v) is 6.34. The first-order valence-electron chi connectivity index (χ1n) is 8.56. The number of hydrogen-bond acceptors (Lipinski definition) is 6. The minimum absolute atomic E-state index is 0.208. The van der Waals surface area contributed by atoms with E-state index in [0.717, 1.165) is 11.8 Å². The predicted molar refractivity (Wildman–Crippen MR) is 122 cm³/mol. The molecule has 0 atom stereocenters. The molecule has 4 rings (SSSR count). The summed E-state index contributed by atoms with van der Waals surface area (Å²) in [5, 5.41) is 12.2. The fraction of sp³-hybridized carbons (Fsp3) is 0.105. The first kappa shape index (κ1) is 20.3. The number of carbonyl (C=O) groups excluding carboxylic acids is 1. The highest BCUT2D eigenvalue weighted by atomic mass is 35.5. The number of amides is 1. The summed E-state index contributed by atoms with van der Waals surface area (Å²) >= 11 is 12.3. The highest BCUT2D eigenvalue weighted by Gasteiger charge is 2.34. The largest absolute Gasteiger partial charge is 0.328 e. The zero-order valence-electron chi connectivity index (χ0n) is 15.7. The van der Waals surface area contributed by atoms with E-state index in [1.165, 1.54) is 32.2 Å². The molecule has 1 aromatic heterocycles. The molecule has 11 heteroatoms. The summed E-state index contributed by atoms with van der Waals surface area (Å²) in [6, 6.07) is 9.50. The molecule has 0 bridgehead atoms. The van der Waals surface area contributed by atoms with Crippen LogP contribution < -0.4 is 10.6 Å². The minimum Gasteiger partial charge on any atom is -0.295 e. The van der Waals surface area contributed by atoms with Crippen molar-refractivity contribution in [1.82, 2.24) is 9.13 Å². The summed E-state index contributed by atoms with van der Waals surface area (Å²) in [6.45, 7) is 0. The van der Waals surface area contributed by atoms with E-state index in [0.29, 0.717) is 26.1 Å². The average Bonchev–Trinajstić information content (AvgIpc) is 3.10. The molecule has 0 spiro atoms. The fourth-order valence-electron chi connectivity index (χ4n) is 3.25.